The van der Waals surface area contributed by atoms with Gasteiger partial charge in [0.25, 0.3) is 0 Å². The van der Waals surface area contributed by atoms with Crippen molar-refractivity contribution >= 4 is 17.7 Å². The zero-order chi connectivity index (χ0) is 10.9. The van der Waals surface area contributed by atoms with Crippen molar-refractivity contribution in [3.63, 3.8) is 0 Å². The summed E-state index contributed by atoms with van der Waals surface area (Å²) in [5.74, 6) is 0. The predicted molar refractivity (Wildman–Crippen MR) is 64.4 cm³/mol. The van der Waals surface area contributed by atoms with Crippen molar-refractivity contribution in [2.75, 3.05) is 0 Å². The zero-order valence-corrected chi connectivity index (χ0v) is 13.2. The van der Waals surface area contributed by atoms with Gasteiger partial charge in [0, 0.05) is 0 Å². The first-order chi connectivity index (χ1) is 7.36. The molecule has 0 atom stereocenters. The Balaban J connectivity index is 0. The van der Waals surface area contributed by atoms with Gasteiger partial charge in [-0.05, 0) is 0 Å². The van der Waals surface area contributed by atoms with Gasteiger partial charge >= 0.3 is 112 Å². The Labute approximate surface area is 135 Å². The van der Waals surface area contributed by atoms with E-state index in [1.807, 2.05) is 6.08 Å². The van der Waals surface area contributed by atoms with Crippen LogP contribution in [-0.2, 0) is 19.2 Å². The number of hydrogen-bond acceptors (Lipinski definition) is 0. The summed E-state index contributed by atoms with van der Waals surface area (Å²) >= 11 is 2.15. The van der Waals surface area contributed by atoms with Gasteiger partial charge in [-0.15, -0.1) is 0 Å². The molecule has 0 aromatic rings. The molecule has 0 aromatic carbocycles. The molecule has 0 saturated carbocycles. The van der Waals surface area contributed by atoms with E-state index >= 15 is 0 Å². The van der Waals surface area contributed by atoms with E-state index in [-0.39, 0.29) is 44.0 Å². The molecule has 4 heteroatoms. The molecule has 17 heavy (non-hydrogen) atoms. The predicted octanol–water partition coefficient (Wildman–Crippen LogP) is -2.48. The van der Waals surface area contributed by atoms with Gasteiger partial charge in [-0.2, -0.15) is 0 Å². The van der Waals surface area contributed by atoms with E-state index in [9.17, 15) is 0 Å². The average molecular weight is 297 g/mol. The minimum atomic E-state index is 0. The fraction of sp³-hybridized carbons (Fsp3) is 0.231. The monoisotopic (exact) mass is 296 g/mol. The van der Waals surface area contributed by atoms with Gasteiger partial charge in [-0.3, -0.25) is 0 Å². The van der Waals surface area contributed by atoms with E-state index in [0.717, 1.165) is 5.09 Å². The number of halogens is 2. The van der Waals surface area contributed by atoms with Gasteiger partial charge in [0.05, 0.1) is 0 Å². The fourth-order valence-electron chi connectivity index (χ4n) is 1.29. The Hall–Kier alpha value is 0.592. The van der Waals surface area contributed by atoms with Gasteiger partial charge in [0.1, 0.15) is 0 Å². The van der Waals surface area contributed by atoms with Crippen molar-refractivity contribution in [3.05, 3.63) is 56.9 Å². The summed E-state index contributed by atoms with van der Waals surface area (Å²) in [6.07, 6.45) is 17.8. The van der Waals surface area contributed by atoms with Crippen LogP contribution in [0.25, 0.3) is 0 Å². The van der Waals surface area contributed by atoms with Crippen molar-refractivity contribution in [2.24, 2.45) is 0 Å². The quantitative estimate of drug-likeness (QED) is 0.400. The summed E-state index contributed by atoms with van der Waals surface area (Å²) in [7, 11) is 0. The van der Waals surface area contributed by atoms with Gasteiger partial charge in [-0.1, -0.05) is 0 Å². The van der Waals surface area contributed by atoms with Crippen LogP contribution >= 0.6 is 0 Å². The van der Waals surface area contributed by atoms with E-state index in [2.05, 4.69) is 60.8 Å². The van der Waals surface area contributed by atoms with Crippen molar-refractivity contribution in [3.8, 4) is 0 Å². The van der Waals surface area contributed by atoms with Crippen LogP contribution in [0.3, 0.4) is 0 Å². The first kappa shape index (κ1) is 19.9. The Bertz CT molecular complexity index is 302. The molecular weight excluding hydrogens is 282 g/mol. The van der Waals surface area contributed by atoms with E-state index in [1.54, 1.807) is 7.76 Å². The third-order valence-corrected chi connectivity index (χ3v) is 4.31. The SMILES string of the molecule is C1=CC[C]([Ti+2][C]2=CC=CC2)=C1.[Cl-].[Cl-].[Li][CH2]C=C. The first-order valence-electron chi connectivity index (χ1n) is 5.46. The van der Waals surface area contributed by atoms with Crippen LogP contribution in [0.15, 0.2) is 56.9 Å². The maximum atomic E-state index is 3.48. The van der Waals surface area contributed by atoms with E-state index in [0.29, 0.717) is 0 Å². The van der Waals surface area contributed by atoms with Crippen LogP contribution in [0.1, 0.15) is 12.8 Å². The summed E-state index contributed by atoms with van der Waals surface area (Å²) < 4.78 is 3.36. The van der Waals surface area contributed by atoms with Crippen LogP contribution in [0.4, 0.5) is 0 Å². The molecule has 0 unspecified atom stereocenters. The van der Waals surface area contributed by atoms with Crippen molar-refractivity contribution in [1.29, 1.82) is 0 Å². The standard InChI is InChI=1S/2C5H5.C3H5.2ClH.Li.Ti/c2*1-2-4-5-3-1;1-3-2;;;;/h2*1-3H,4H2;3H,1-2H2;2*1H;;/q;;;;;;+2/p-2. The second-order valence-corrected chi connectivity index (χ2v) is 5.87. The second kappa shape index (κ2) is 13.0. The van der Waals surface area contributed by atoms with Crippen molar-refractivity contribution in [2.45, 2.75) is 17.9 Å². The molecule has 0 nitrogen and oxygen atoms in total. The molecule has 0 aliphatic heterocycles. The van der Waals surface area contributed by atoms with E-state index in [1.165, 1.54) is 12.8 Å². The van der Waals surface area contributed by atoms with Crippen molar-refractivity contribution in [1.82, 2.24) is 0 Å². The molecule has 0 amide bonds. The molecule has 2 rings (SSSR count). The Morgan fingerprint density at radius 2 is 1.53 bits per heavy atom. The normalized spacial score (nSPS) is 14.5. The molecule has 0 spiro atoms. The zero-order valence-electron chi connectivity index (χ0n) is 10.1. The number of rotatable bonds is 3. The summed E-state index contributed by atoms with van der Waals surface area (Å²) in [6.45, 7) is 3.48. The Morgan fingerprint density at radius 3 is 1.76 bits per heavy atom. The average Bonchev–Trinajstić information content (AvgIpc) is 2.92. The summed E-state index contributed by atoms with van der Waals surface area (Å²) in [5, 5.41) is 1.08. The molecule has 0 saturated heterocycles. The van der Waals surface area contributed by atoms with E-state index in [4.69, 9.17) is 0 Å². The number of allylic oxidation sites excluding steroid dienone is 9. The molecule has 2 aliphatic carbocycles. The molecule has 0 fully saturated rings. The molecule has 0 bridgehead atoms. The molecule has 0 aromatic heterocycles. The Kier molecular flexibility index (Phi) is 15.3. The molecule has 0 heterocycles. The van der Waals surface area contributed by atoms with Crippen molar-refractivity contribution < 1.29 is 44.0 Å². The third-order valence-electron chi connectivity index (χ3n) is 2.15. The van der Waals surface area contributed by atoms with Crippen LogP contribution in [0, 0.1) is 0 Å². The van der Waals surface area contributed by atoms with Gasteiger partial charge in [0.2, 0.25) is 0 Å². The summed E-state index contributed by atoms with van der Waals surface area (Å²) in [6, 6.07) is 0. The van der Waals surface area contributed by atoms with Gasteiger partial charge in [-0.25, -0.2) is 0 Å². The van der Waals surface area contributed by atoms with Gasteiger partial charge < -0.3 is 24.8 Å². The number of hydrogen-bond donors (Lipinski definition) is 0. The maximum absolute atomic E-state index is 3.48. The van der Waals surface area contributed by atoms with Crippen LogP contribution in [-0.4, -0.2) is 17.7 Å². The summed E-state index contributed by atoms with van der Waals surface area (Å²) in [5.41, 5.74) is 0. The molecular formula is C13H15Cl2LiTi. The molecule has 2 aliphatic rings. The van der Waals surface area contributed by atoms with Gasteiger partial charge in [0.15, 0.2) is 0 Å². The Morgan fingerprint density at radius 1 is 1.12 bits per heavy atom. The summed E-state index contributed by atoms with van der Waals surface area (Å²) in [4.78, 5) is 0. The first-order valence-corrected chi connectivity index (χ1v) is 7.02. The van der Waals surface area contributed by atoms with Crippen LogP contribution in [0.2, 0.25) is 5.09 Å². The van der Waals surface area contributed by atoms with Crippen LogP contribution in [0.5, 0.6) is 0 Å². The van der Waals surface area contributed by atoms with E-state index < -0.39 is 0 Å². The fourth-order valence-corrected chi connectivity index (χ4v) is 3.18. The topological polar surface area (TPSA) is 0 Å². The third kappa shape index (κ3) is 9.20. The molecule has 0 radical (unpaired) electrons. The molecule has 0 N–H and O–H groups in total. The van der Waals surface area contributed by atoms with Crippen LogP contribution < -0.4 is 24.8 Å². The second-order valence-electron chi connectivity index (χ2n) is 3.47. The minimum absolute atomic E-state index is 0. The molecule has 86 valence electrons.